The van der Waals surface area contributed by atoms with Crippen molar-refractivity contribution >= 4 is 63.6 Å². The zero-order chi connectivity index (χ0) is 40.1. The van der Waals surface area contributed by atoms with E-state index in [1.807, 2.05) is 72.1 Å². The number of nitrogens with one attached hydrogen (secondary N) is 3. The number of thioether (sulfide) groups is 1. The van der Waals surface area contributed by atoms with Crippen molar-refractivity contribution in [3.05, 3.63) is 167 Å². The fraction of sp³-hybridized carbons (Fsp3) is 0.111. The van der Waals surface area contributed by atoms with Crippen molar-refractivity contribution in [1.82, 2.24) is 5.32 Å². The number of thiophene rings is 1. The van der Waals surface area contributed by atoms with E-state index in [4.69, 9.17) is 14.2 Å². The highest BCUT2D eigenvalue weighted by molar-refractivity contribution is 8.00. The van der Waals surface area contributed by atoms with Gasteiger partial charge in [-0.2, -0.15) is 0 Å². The maximum atomic E-state index is 14.2. The Hall–Kier alpha value is -6.63. The zero-order valence-corrected chi connectivity index (χ0v) is 32.9. The number of rotatable bonds is 15. The SMILES string of the molecule is CCOC(=O)c1c(-c2ccccc2)csc1NC(=O)C(Sc1cccc(NC(=O)/C(=C\c2ccc(OC)c(OC)c2)NC(=O)c2ccccc2)c1)c1ccccc1. The summed E-state index contributed by atoms with van der Waals surface area (Å²) in [6, 6.07) is 39.5. The smallest absolute Gasteiger partial charge is 0.341 e. The Bertz CT molecular complexity index is 2380. The van der Waals surface area contributed by atoms with E-state index in [-0.39, 0.29) is 18.2 Å². The van der Waals surface area contributed by atoms with Gasteiger partial charge in [-0.3, -0.25) is 14.4 Å². The van der Waals surface area contributed by atoms with Crippen molar-refractivity contribution < 1.29 is 33.4 Å². The maximum absolute atomic E-state index is 14.2. The van der Waals surface area contributed by atoms with Crippen LogP contribution in [-0.2, 0) is 14.3 Å². The summed E-state index contributed by atoms with van der Waals surface area (Å²) in [5, 5.41) is 10.1. The minimum atomic E-state index is -0.750. The zero-order valence-electron chi connectivity index (χ0n) is 31.3. The van der Waals surface area contributed by atoms with Crippen molar-refractivity contribution in [3.8, 4) is 22.6 Å². The number of esters is 1. The van der Waals surface area contributed by atoms with Crippen LogP contribution in [0.5, 0.6) is 11.5 Å². The molecular formula is C45H39N3O7S2. The number of methoxy groups -OCH3 is 2. The largest absolute Gasteiger partial charge is 0.493 e. The van der Waals surface area contributed by atoms with E-state index in [9.17, 15) is 19.2 Å². The van der Waals surface area contributed by atoms with Crippen molar-refractivity contribution in [3.63, 3.8) is 0 Å². The van der Waals surface area contributed by atoms with Gasteiger partial charge in [-0.05, 0) is 72.2 Å². The van der Waals surface area contributed by atoms with Crippen LogP contribution in [0.25, 0.3) is 17.2 Å². The average Bonchev–Trinajstić information content (AvgIpc) is 3.67. The summed E-state index contributed by atoms with van der Waals surface area (Å²) in [5.41, 5.74) is 3.89. The number of carbonyl (C=O) groups is 4. The van der Waals surface area contributed by atoms with E-state index in [2.05, 4.69) is 16.0 Å². The molecule has 0 spiro atoms. The van der Waals surface area contributed by atoms with Crippen LogP contribution in [0.1, 0.15) is 44.0 Å². The van der Waals surface area contributed by atoms with Crippen molar-refractivity contribution in [1.29, 1.82) is 0 Å². The van der Waals surface area contributed by atoms with E-state index < -0.39 is 23.0 Å². The molecule has 6 rings (SSSR count). The van der Waals surface area contributed by atoms with E-state index in [1.54, 1.807) is 79.7 Å². The number of hydrogen-bond donors (Lipinski definition) is 3. The summed E-state index contributed by atoms with van der Waals surface area (Å²) in [6.45, 7) is 1.91. The average molecular weight is 798 g/mol. The van der Waals surface area contributed by atoms with Crippen LogP contribution in [-0.4, -0.2) is 44.5 Å². The molecule has 0 aliphatic carbocycles. The van der Waals surface area contributed by atoms with Crippen LogP contribution in [0.15, 0.2) is 149 Å². The first-order valence-corrected chi connectivity index (χ1v) is 19.6. The van der Waals surface area contributed by atoms with Gasteiger partial charge < -0.3 is 30.2 Å². The lowest BCUT2D eigenvalue weighted by atomic mass is 10.0. The van der Waals surface area contributed by atoms with Gasteiger partial charge in [-0.15, -0.1) is 23.1 Å². The molecule has 1 unspecified atom stereocenters. The van der Waals surface area contributed by atoms with Crippen LogP contribution in [0, 0.1) is 0 Å². The second kappa shape index (κ2) is 19.3. The predicted molar refractivity (Wildman–Crippen MR) is 226 cm³/mol. The highest BCUT2D eigenvalue weighted by Crippen LogP contribution is 2.40. The molecule has 0 radical (unpaired) electrons. The van der Waals surface area contributed by atoms with E-state index in [1.165, 1.54) is 37.3 Å². The van der Waals surface area contributed by atoms with Crippen molar-refractivity contribution in [2.24, 2.45) is 0 Å². The Morgan fingerprint density at radius 2 is 1.44 bits per heavy atom. The first-order chi connectivity index (χ1) is 27.8. The topological polar surface area (TPSA) is 132 Å². The molecule has 0 saturated carbocycles. The van der Waals surface area contributed by atoms with Crippen LogP contribution in [0.4, 0.5) is 10.7 Å². The third-order valence-corrected chi connectivity index (χ3v) is 10.7. The normalized spacial score (nSPS) is 11.5. The Balaban J connectivity index is 1.27. The monoisotopic (exact) mass is 797 g/mol. The Kier molecular flexibility index (Phi) is 13.6. The van der Waals surface area contributed by atoms with Gasteiger partial charge in [0, 0.05) is 27.1 Å². The second-order valence-electron chi connectivity index (χ2n) is 12.3. The molecule has 288 valence electrons. The number of carbonyl (C=O) groups excluding carboxylic acids is 4. The van der Waals surface area contributed by atoms with Gasteiger partial charge in [0.1, 0.15) is 21.5 Å². The van der Waals surface area contributed by atoms with E-state index in [0.29, 0.717) is 49.3 Å². The molecule has 3 amide bonds. The quantitative estimate of drug-likeness (QED) is 0.0532. The summed E-state index contributed by atoms with van der Waals surface area (Å²) in [6.07, 6.45) is 1.55. The maximum Gasteiger partial charge on any atom is 0.341 e. The van der Waals surface area contributed by atoms with E-state index in [0.717, 1.165) is 11.1 Å². The lowest BCUT2D eigenvalue weighted by Crippen LogP contribution is -2.30. The summed E-state index contributed by atoms with van der Waals surface area (Å²) < 4.78 is 16.2. The highest BCUT2D eigenvalue weighted by Gasteiger charge is 2.28. The molecule has 3 N–H and O–H groups in total. The molecule has 1 heterocycles. The third-order valence-electron chi connectivity index (χ3n) is 8.53. The number of benzene rings is 5. The lowest BCUT2D eigenvalue weighted by Gasteiger charge is -2.18. The number of hydrogen-bond acceptors (Lipinski definition) is 9. The highest BCUT2D eigenvalue weighted by atomic mass is 32.2. The van der Waals surface area contributed by atoms with Crippen LogP contribution in [0.2, 0.25) is 0 Å². The fourth-order valence-electron chi connectivity index (χ4n) is 5.80. The molecule has 10 nitrogen and oxygen atoms in total. The lowest BCUT2D eigenvalue weighted by molar-refractivity contribution is -0.116. The second-order valence-corrected chi connectivity index (χ2v) is 14.4. The standard InChI is InChI=1S/C45H39N3O7S2/c1-4-55-45(52)39-35(30-15-8-5-9-16-30)28-56-44(39)48-43(51)40(31-17-10-6-11-18-31)57-34-22-14-21-33(27-34)46-42(50)36(47-41(49)32-19-12-7-13-20-32)25-29-23-24-37(53-2)38(26-29)54-3/h5-28,40H,4H2,1-3H3,(H,46,50)(H,47,49)(H,48,51)/b36-25+. The predicted octanol–water partition coefficient (Wildman–Crippen LogP) is 9.49. The molecular weight excluding hydrogens is 759 g/mol. The van der Waals surface area contributed by atoms with Gasteiger partial charge >= 0.3 is 5.97 Å². The molecule has 0 fully saturated rings. The summed E-state index contributed by atoms with van der Waals surface area (Å²) in [4.78, 5) is 55.3. The Morgan fingerprint density at radius 3 is 2.12 bits per heavy atom. The van der Waals surface area contributed by atoms with E-state index >= 15 is 0 Å². The van der Waals surface area contributed by atoms with Gasteiger partial charge in [0.2, 0.25) is 5.91 Å². The van der Waals surface area contributed by atoms with Crippen molar-refractivity contribution in [2.45, 2.75) is 17.1 Å². The summed E-state index contributed by atoms with van der Waals surface area (Å²) in [7, 11) is 3.04. The third kappa shape index (κ3) is 10.2. The molecule has 0 bridgehead atoms. The molecule has 0 aliphatic heterocycles. The van der Waals surface area contributed by atoms with Crippen molar-refractivity contribution in [2.75, 3.05) is 31.5 Å². The minimum Gasteiger partial charge on any atom is -0.493 e. The number of anilines is 2. The van der Waals surface area contributed by atoms with Gasteiger partial charge in [0.15, 0.2) is 11.5 Å². The fourth-order valence-corrected chi connectivity index (χ4v) is 7.84. The van der Waals surface area contributed by atoms with Gasteiger partial charge in [-0.25, -0.2) is 4.79 Å². The Labute approximate surface area is 338 Å². The van der Waals surface area contributed by atoms with Crippen LogP contribution < -0.4 is 25.4 Å². The first kappa shape index (κ1) is 40.0. The minimum absolute atomic E-state index is 0.0149. The molecule has 5 aromatic carbocycles. The van der Waals surface area contributed by atoms with Crippen LogP contribution in [0.3, 0.4) is 0 Å². The molecule has 1 aromatic heterocycles. The molecule has 0 aliphatic rings. The van der Waals surface area contributed by atoms with Gasteiger partial charge in [0.05, 0.1) is 20.8 Å². The molecule has 0 saturated heterocycles. The molecule has 57 heavy (non-hydrogen) atoms. The Morgan fingerprint density at radius 1 is 0.754 bits per heavy atom. The van der Waals surface area contributed by atoms with Gasteiger partial charge in [0.25, 0.3) is 11.8 Å². The molecule has 12 heteroatoms. The van der Waals surface area contributed by atoms with Gasteiger partial charge in [-0.1, -0.05) is 91.0 Å². The first-order valence-electron chi connectivity index (χ1n) is 17.9. The summed E-state index contributed by atoms with van der Waals surface area (Å²) in [5.74, 6) is -0.957. The molecule has 1 atom stereocenters. The number of amides is 3. The summed E-state index contributed by atoms with van der Waals surface area (Å²) >= 11 is 2.53. The number of ether oxygens (including phenoxy) is 3. The van der Waals surface area contributed by atoms with Crippen LogP contribution >= 0.6 is 23.1 Å². The molecule has 6 aromatic rings.